The van der Waals surface area contributed by atoms with E-state index in [2.05, 4.69) is 21.9 Å². The van der Waals surface area contributed by atoms with Gasteiger partial charge in [-0.15, -0.1) is 12.3 Å². The second-order valence-corrected chi connectivity index (χ2v) is 16.6. The number of ether oxygens (including phenoxy) is 1. The minimum Gasteiger partial charge on any atom is -0.461 e. The lowest BCUT2D eigenvalue weighted by Crippen LogP contribution is -2.62. The highest BCUT2D eigenvalue weighted by atomic mass is 16.5. The zero-order valence-electron chi connectivity index (χ0n) is 30.1. The molecule has 0 spiro atoms. The molecular formula is C36H57N5O7. The van der Waals surface area contributed by atoms with E-state index in [1.54, 1.807) is 20.8 Å². The van der Waals surface area contributed by atoms with Crippen LogP contribution >= 0.6 is 0 Å². The predicted octanol–water partition coefficient (Wildman–Crippen LogP) is 3.21. The number of primary amides is 1. The van der Waals surface area contributed by atoms with Gasteiger partial charge in [-0.3, -0.25) is 19.2 Å². The van der Waals surface area contributed by atoms with Crippen LogP contribution in [-0.2, 0) is 28.7 Å². The topological polar surface area (TPSA) is 177 Å². The second kappa shape index (κ2) is 15.3. The summed E-state index contributed by atoms with van der Waals surface area (Å²) >= 11 is 0. The van der Waals surface area contributed by atoms with Gasteiger partial charge in [0.1, 0.15) is 24.2 Å². The highest BCUT2D eigenvalue weighted by Gasteiger charge is 2.51. The number of hydrogen-bond donors (Lipinski definition) is 4. The lowest BCUT2D eigenvalue weighted by Gasteiger charge is -2.39. The molecule has 1 heterocycles. The van der Waals surface area contributed by atoms with E-state index >= 15 is 0 Å². The highest BCUT2D eigenvalue weighted by molar-refractivity contribution is 6.37. The van der Waals surface area contributed by atoms with E-state index in [9.17, 15) is 28.8 Å². The number of nitrogens with zero attached hydrogens (tertiary/aromatic N) is 1. The van der Waals surface area contributed by atoms with E-state index in [0.717, 1.165) is 44.9 Å². The summed E-state index contributed by atoms with van der Waals surface area (Å²) < 4.78 is 5.72. The van der Waals surface area contributed by atoms with Gasteiger partial charge in [-0.1, -0.05) is 60.8 Å². The van der Waals surface area contributed by atoms with Crippen LogP contribution < -0.4 is 21.7 Å². The van der Waals surface area contributed by atoms with Crippen molar-refractivity contribution in [2.75, 3.05) is 6.54 Å². The predicted molar refractivity (Wildman–Crippen MR) is 181 cm³/mol. The van der Waals surface area contributed by atoms with Crippen LogP contribution in [-0.4, -0.2) is 77.2 Å². The molecule has 1 saturated heterocycles. The highest BCUT2D eigenvalue weighted by Crippen LogP contribution is 2.40. The van der Waals surface area contributed by atoms with E-state index in [0.29, 0.717) is 6.42 Å². The summed E-state index contributed by atoms with van der Waals surface area (Å²) in [5, 5.41) is 8.29. The third kappa shape index (κ3) is 9.50. The lowest BCUT2D eigenvalue weighted by molar-refractivity contribution is -0.154. The number of likely N-dealkylation sites (tertiary alicyclic amines) is 1. The summed E-state index contributed by atoms with van der Waals surface area (Å²) in [6, 6.07) is -5.00. The van der Waals surface area contributed by atoms with Crippen molar-refractivity contribution in [2.45, 2.75) is 143 Å². The number of nitrogens with one attached hydrogen (secondary N) is 3. The van der Waals surface area contributed by atoms with Crippen molar-refractivity contribution in [3.05, 3.63) is 0 Å². The van der Waals surface area contributed by atoms with Gasteiger partial charge in [-0.05, 0) is 69.1 Å². The molecule has 0 aromatic rings. The van der Waals surface area contributed by atoms with Gasteiger partial charge in [0.05, 0.1) is 6.04 Å². The Morgan fingerprint density at radius 3 is 1.88 bits per heavy atom. The molecule has 0 bridgehead atoms. The number of amides is 5. The second-order valence-electron chi connectivity index (χ2n) is 16.6. The first-order valence-electron chi connectivity index (χ1n) is 17.4. The van der Waals surface area contributed by atoms with E-state index in [4.69, 9.17) is 16.9 Å². The summed E-state index contributed by atoms with van der Waals surface area (Å²) in [6.45, 7) is 14.6. The minimum absolute atomic E-state index is 0.179. The number of ketones is 1. The normalized spacial score (nSPS) is 22.4. The molecule has 12 nitrogen and oxygen atoms in total. The van der Waals surface area contributed by atoms with Gasteiger partial charge in [0.2, 0.25) is 17.6 Å². The molecule has 1 unspecified atom stereocenters. The number of carbonyl (C=O) groups excluding carboxylic acids is 6. The Hall–Kier alpha value is -3.62. The van der Waals surface area contributed by atoms with Crippen molar-refractivity contribution in [1.29, 1.82) is 0 Å². The number of carbonyl (C=O) groups is 6. The van der Waals surface area contributed by atoms with Crippen LogP contribution in [0.1, 0.15) is 113 Å². The quantitative estimate of drug-likeness (QED) is 0.140. The molecule has 3 rings (SSSR count). The summed E-state index contributed by atoms with van der Waals surface area (Å²) in [6.07, 6.45) is 12.7. The van der Waals surface area contributed by atoms with Crippen molar-refractivity contribution >= 4 is 35.5 Å². The van der Waals surface area contributed by atoms with Gasteiger partial charge in [-0.25, -0.2) is 9.59 Å². The first-order valence-corrected chi connectivity index (χ1v) is 17.4. The Kier molecular flexibility index (Phi) is 12.4. The average molecular weight is 672 g/mol. The Labute approximate surface area is 285 Å². The van der Waals surface area contributed by atoms with Gasteiger partial charge in [0.25, 0.3) is 5.91 Å². The maximum atomic E-state index is 14.4. The van der Waals surface area contributed by atoms with Crippen molar-refractivity contribution in [1.82, 2.24) is 20.9 Å². The third-order valence-electron chi connectivity index (χ3n) is 10.3. The number of Topliss-reactive ketones (excluding diaryl/α,β-unsaturated/α-hetero) is 1. The summed E-state index contributed by atoms with van der Waals surface area (Å²) in [5.41, 5.74) is 3.04. The third-order valence-corrected chi connectivity index (χ3v) is 10.3. The largest absolute Gasteiger partial charge is 0.461 e. The van der Waals surface area contributed by atoms with Crippen LogP contribution in [0.3, 0.4) is 0 Å². The first kappa shape index (κ1) is 38.8. The van der Waals surface area contributed by atoms with Crippen LogP contribution in [0.2, 0.25) is 0 Å². The number of nitrogens with two attached hydrogens (primary N) is 1. The standard InChI is InChI=1S/C36H57N5O7/c1-10-36(8,9)23-18-19-41(25(23)30(44)38-24(26(42)29(37)43)20-21-14-13-15-21)31(45)27(34(2,3)4)39-33(47)40-28(35(5,6)7)32(46)48-22-16-11-12-17-22/h1,21-25,27-28H,11-20H2,2-9H3,(H2,37,43)(H,38,44)(H2,39,40,47)/t23-,24?,25-,27+,28+/m0/s1. The van der Waals surface area contributed by atoms with Crippen LogP contribution in [0, 0.1) is 40.4 Å². The van der Waals surface area contributed by atoms with Crippen molar-refractivity contribution < 1.29 is 33.5 Å². The Morgan fingerprint density at radius 1 is 0.833 bits per heavy atom. The Balaban J connectivity index is 1.87. The first-order chi connectivity index (χ1) is 22.2. The van der Waals surface area contributed by atoms with E-state index in [-0.39, 0.29) is 25.0 Å². The molecule has 12 heteroatoms. The molecule has 3 aliphatic rings. The van der Waals surface area contributed by atoms with Crippen molar-refractivity contribution in [3.63, 3.8) is 0 Å². The van der Waals surface area contributed by atoms with Gasteiger partial charge >= 0.3 is 12.0 Å². The average Bonchev–Trinajstić information content (AvgIpc) is 3.64. The molecule has 0 aromatic carbocycles. The zero-order chi connectivity index (χ0) is 36.2. The fraction of sp³-hybridized carbons (Fsp3) is 0.778. The van der Waals surface area contributed by atoms with E-state index < -0.39 is 81.8 Å². The zero-order valence-corrected chi connectivity index (χ0v) is 30.1. The molecule has 5 N–H and O–H groups in total. The fourth-order valence-corrected chi connectivity index (χ4v) is 6.93. The lowest BCUT2D eigenvalue weighted by atomic mass is 9.74. The molecular weight excluding hydrogens is 614 g/mol. The monoisotopic (exact) mass is 671 g/mol. The molecule has 2 saturated carbocycles. The van der Waals surface area contributed by atoms with Gasteiger partial charge < -0.3 is 31.3 Å². The van der Waals surface area contributed by atoms with Crippen LogP contribution in [0.25, 0.3) is 0 Å². The molecule has 2 aliphatic carbocycles. The SMILES string of the molecule is C#CC(C)(C)[C@H]1CCN(C(=O)[C@@H](NC(=O)N[C@H](C(=O)OC2CCCC2)C(C)(C)C)C(C)(C)C)[C@@H]1C(=O)NC(CC1CCC1)C(=O)C(N)=O. The van der Waals surface area contributed by atoms with Gasteiger partial charge in [0.15, 0.2) is 0 Å². The van der Waals surface area contributed by atoms with Crippen LogP contribution in [0.5, 0.6) is 0 Å². The van der Waals surface area contributed by atoms with Crippen LogP contribution in [0.4, 0.5) is 4.79 Å². The molecule has 1 aliphatic heterocycles. The maximum absolute atomic E-state index is 14.4. The summed E-state index contributed by atoms with van der Waals surface area (Å²) in [4.78, 5) is 81.4. The van der Waals surface area contributed by atoms with Crippen molar-refractivity contribution in [3.8, 4) is 12.3 Å². The Morgan fingerprint density at radius 2 is 1.40 bits per heavy atom. The molecule has 3 fully saturated rings. The Bertz CT molecular complexity index is 1280. The maximum Gasteiger partial charge on any atom is 0.329 e. The van der Waals surface area contributed by atoms with E-state index in [1.165, 1.54) is 4.90 Å². The van der Waals surface area contributed by atoms with Gasteiger partial charge in [-0.2, -0.15) is 0 Å². The molecule has 0 aromatic heterocycles. The summed E-state index contributed by atoms with van der Waals surface area (Å²) in [5.74, 6) is -1.21. The van der Waals surface area contributed by atoms with Crippen LogP contribution in [0.15, 0.2) is 0 Å². The molecule has 0 radical (unpaired) electrons. The number of terminal acetylenes is 1. The van der Waals surface area contributed by atoms with E-state index in [1.807, 2.05) is 34.6 Å². The molecule has 48 heavy (non-hydrogen) atoms. The smallest absolute Gasteiger partial charge is 0.329 e. The molecule has 5 amide bonds. The number of hydrogen-bond acceptors (Lipinski definition) is 7. The van der Waals surface area contributed by atoms with Gasteiger partial charge in [0, 0.05) is 17.9 Å². The summed E-state index contributed by atoms with van der Waals surface area (Å²) in [7, 11) is 0. The minimum atomic E-state index is -1.14. The number of rotatable bonds is 12. The number of esters is 1. The number of urea groups is 1. The van der Waals surface area contributed by atoms with Crippen molar-refractivity contribution in [2.24, 2.45) is 33.8 Å². The molecule has 268 valence electrons. The fourth-order valence-electron chi connectivity index (χ4n) is 6.93. The molecule has 5 atom stereocenters.